The van der Waals surface area contributed by atoms with E-state index in [2.05, 4.69) is 12.2 Å². The second kappa shape index (κ2) is 6.65. The number of carboxylic acids is 1. The summed E-state index contributed by atoms with van der Waals surface area (Å²) in [6.45, 7) is 2.41. The molecule has 1 aromatic heterocycles. The third-order valence-electron chi connectivity index (χ3n) is 4.06. The number of nitrogens with zero attached hydrogens (tertiary/aromatic N) is 1. The van der Waals surface area contributed by atoms with E-state index in [1.807, 2.05) is 7.05 Å². The lowest BCUT2D eigenvalue weighted by Crippen LogP contribution is -2.45. The van der Waals surface area contributed by atoms with Gasteiger partial charge in [0, 0.05) is 13.1 Å². The topological polar surface area (TPSA) is 82.8 Å². The van der Waals surface area contributed by atoms with E-state index in [1.165, 1.54) is 12.5 Å². The molecule has 0 radical (unpaired) electrons. The van der Waals surface area contributed by atoms with Crippen LogP contribution in [0.3, 0.4) is 0 Å². The summed E-state index contributed by atoms with van der Waals surface area (Å²) in [6.07, 6.45) is 4.46. The minimum atomic E-state index is -1.11. The maximum atomic E-state index is 12.1. The molecule has 2 N–H and O–H groups in total. The second-order valence-corrected chi connectivity index (χ2v) is 5.77. The maximum Gasteiger partial charge on any atom is 0.371 e. The van der Waals surface area contributed by atoms with Crippen LogP contribution < -0.4 is 5.32 Å². The molecular weight excluding hydrogens is 272 g/mol. The van der Waals surface area contributed by atoms with E-state index in [0.717, 1.165) is 19.3 Å². The quantitative estimate of drug-likeness (QED) is 0.894. The molecule has 6 heteroatoms. The lowest BCUT2D eigenvalue weighted by atomic mass is 9.86. The smallest absolute Gasteiger partial charge is 0.371 e. The number of nitrogens with one attached hydrogen (secondary N) is 1. The highest BCUT2D eigenvalue weighted by Gasteiger charge is 2.25. The normalized spacial score (nSPS) is 21.8. The number of amides is 2. The van der Waals surface area contributed by atoms with Crippen molar-refractivity contribution in [2.45, 2.75) is 45.2 Å². The van der Waals surface area contributed by atoms with Crippen LogP contribution in [-0.2, 0) is 6.54 Å². The number of rotatable bonds is 4. The Morgan fingerprint density at radius 2 is 2.19 bits per heavy atom. The number of carbonyl (C=O) groups excluding carboxylic acids is 1. The predicted octanol–water partition coefficient (Wildman–Crippen LogP) is 2.70. The highest BCUT2D eigenvalue weighted by Crippen LogP contribution is 2.26. The van der Waals surface area contributed by atoms with Gasteiger partial charge in [-0.1, -0.05) is 19.8 Å². The van der Waals surface area contributed by atoms with Gasteiger partial charge < -0.3 is 19.7 Å². The molecule has 0 bridgehead atoms. The molecule has 1 heterocycles. The Bertz CT molecular complexity index is 512. The van der Waals surface area contributed by atoms with Gasteiger partial charge in [0.1, 0.15) is 5.76 Å². The van der Waals surface area contributed by atoms with Crippen LogP contribution in [0.15, 0.2) is 16.5 Å². The van der Waals surface area contributed by atoms with E-state index in [9.17, 15) is 9.59 Å². The highest BCUT2D eigenvalue weighted by atomic mass is 16.4. The van der Waals surface area contributed by atoms with Gasteiger partial charge in [0.25, 0.3) is 0 Å². The first-order chi connectivity index (χ1) is 9.97. The Morgan fingerprint density at radius 3 is 2.81 bits per heavy atom. The number of hydrogen-bond donors (Lipinski definition) is 2. The van der Waals surface area contributed by atoms with Crippen molar-refractivity contribution in [3.63, 3.8) is 0 Å². The largest absolute Gasteiger partial charge is 0.475 e. The summed E-state index contributed by atoms with van der Waals surface area (Å²) in [6, 6.07) is 3.07. The summed E-state index contributed by atoms with van der Waals surface area (Å²) in [5.74, 6) is -0.136. The molecule has 1 aliphatic carbocycles. The summed E-state index contributed by atoms with van der Waals surface area (Å²) in [7, 11) is 1.81. The first kappa shape index (κ1) is 15.4. The maximum absolute atomic E-state index is 12.1. The van der Waals surface area contributed by atoms with Crippen molar-refractivity contribution in [3.8, 4) is 0 Å². The van der Waals surface area contributed by atoms with Crippen molar-refractivity contribution in [2.24, 2.45) is 5.92 Å². The van der Waals surface area contributed by atoms with E-state index < -0.39 is 5.97 Å². The first-order valence-electron chi connectivity index (χ1n) is 7.30. The Morgan fingerprint density at radius 1 is 1.43 bits per heavy atom. The van der Waals surface area contributed by atoms with Crippen LogP contribution in [0.4, 0.5) is 4.79 Å². The molecule has 2 atom stereocenters. The van der Waals surface area contributed by atoms with Gasteiger partial charge in [-0.05, 0) is 30.9 Å². The fourth-order valence-corrected chi connectivity index (χ4v) is 2.79. The zero-order valence-electron chi connectivity index (χ0n) is 12.5. The van der Waals surface area contributed by atoms with Gasteiger partial charge in [-0.15, -0.1) is 0 Å². The lowest BCUT2D eigenvalue weighted by molar-refractivity contribution is 0.0660. The molecular formula is C15H22N2O4. The molecule has 1 fully saturated rings. The van der Waals surface area contributed by atoms with Crippen LogP contribution in [-0.4, -0.2) is 35.1 Å². The number of urea groups is 1. The van der Waals surface area contributed by atoms with Gasteiger partial charge in [0.05, 0.1) is 6.54 Å². The van der Waals surface area contributed by atoms with Crippen LogP contribution in [0, 0.1) is 5.92 Å². The van der Waals surface area contributed by atoms with Crippen molar-refractivity contribution in [3.05, 3.63) is 23.7 Å². The molecule has 0 aromatic carbocycles. The molecule has 0 saturated heterocycles. The fraction of sp³-hybridized carbons (Fsp3) is 0.600. The predicted molar refractivity (Wildman–Crippen MR) is 77.1 cm³/mol. The molecule has 1 aliphatic rings. The van der Waals surface area contributed by atoms with E-state index in [0.29, 0.717) is 11.7 Å². The standard InChI is InChI=1S/C15H22N2O4/c1-10-4-3-5-11(8-10)17(2)15(20)16-9-12-6-7-13(21-12)14(18)19/h6-7,10-11H,3-5,8-9H2,1-2H3,(H,16,20)(H,18,19). The van der Waals surface area contributed by atoms with Gasteiger partial charge in [-0.25, -0.2) is 9.59 Å². The van der Waals surface area contributed by atoms with E-state index in [1.54, 1.807) is 11.0 Å². The van der Waals surface area contributed by atoms with Gasteiger partial charge in [-0.2, -0.15) is 0 Å². The monoisotopic (exact) mass is 294 g/mol. The van der Waals surface area contributed by atoms with Crippen molar-refractivity contribution >= 4 is 12.0 Å². The van der Waals surface area contributed by atoms with Crippen molar-refractivity contribution in [2.75, 3.05) is 7.05 Å². The van der Waals surface area contributed by atoms with Gasteiger partial charge >= 0.3 is 12.0 Å². The second-order valence-electron chi connectivity index (χ2n) is 5.77. The van der Waals surface area contributed by atoms with Crippen molar-refractivity contribution in [1.82, 2.24) is 10.2 Å². The number of carboxylic acid groups (broad SMARTS) is 1. The molecule has 116 valence electrons. The molecule has 0 spiro atoms. The first-order valence-corrected chi connectivity index (χ1v) is 7.30. The average Bonchev–Trinajstić information content (AvgIpc) is 2.93. The SMILES string of the molecule is CC1CCCC(N(C)C(=O)NCc2ccc(C(=O)O)o2)C1. The van der Waals surface area contributed by atoms with Crippen molar-refractivity contribution in [1.29, 1.82) is 0 Å². The lowest BCUT2D eigenvalue weighted by Gasteiger charge is -2.34. The Hall–Kier alpha value is -1.98. The molecule has 6 nitrogen and oxygen atoms in total. The molecule has 1 saturated carbocycles. The van der Waals surface area contributed by atoms with Crippen LogP contribution in [0.2, 0.25) is 0 Å². The van der Waals surface area contributed by atoms with Crippen LogP contribution >= 0.6 is 0 Å². The Balaban J connectivity index is 1.84. The summed E-state index contributed by atoms with van der Waals surface area (Å²) in [4.78, 5) is 24.6. The zero-order valence-corrected chi connectivity index (χ0v) is 12.5. The Kier molecular flexibility index (Phi) is 4.88. The third-order valence-corrected chi connectivity index (χ3v) is 4.06. The summed E-state index contributed by atoms with van der Waals surface area (Å²) in [5.41, 5.74) is 0. The van der Waals surface area contributed by atoms with Crippen LogP contribution in [0.25, 0.3) is 0 Å². The number of carbonyl (C=O) groups is 2. The summed E-state index contributed by atoms with van der Waals surface area (Å²) >= 11 is 0. The molecule has 1 aromatic rings. The van der Waals surface area contributed by atoms with Crippen LogP contribution in [0.1, 0.15) is 48.9 Å². The minimum absolute atomic E-state index is 0.117. The van der Waals surface area contributed by atoms with Gasteiger partial charge in [0.2, 0.25) is 5.76 Å². The molecule has 2 rings (SSSR count). The van der Waals surface area contributed by atoms with E-state index in [-0.39, 0.29) is 24.4 Å². The molecule has 2 unspecified atom stereocenters. The number of furan rings is 1. The van der Waals surface area contributed by atoms with Gasteiger partial charge in [-0.3, -0.25) is 0 Å². The zero-order chi connectivity index (χ0) is 15.4. The molecule has 0 aliphatic heterocycles. The summed E-state index contributed by atoms with van der Waals surface area (Å²) < 4.78 is 5.10. The highest BCUT2D eigenvalue weighted by molar-refractivity contribution is 5.84. The minimum Gasteiger partial charge on any atom is -0.475 e. The fourth-order valence-electron chi connectivity index (χ4n) is 2.79. The summed E-state index contributed by atoms with van der Waals surface area (Å²) in [5, 5.41) is 11.5. The van der Waals surface area contributed by atoms with Gasteiger partial charge in [0.15, 0.2) is 0 Å². The van der Waals surface area contributed by atoms with Crippen molar-refractivity contribution < 1.29 is 19.1 Å². The van der Waals surface area contributed by atoms with Crippen LogP contribution in [0.5, 0.6) is 0 Å². The number of aromatic carboxylic acids is 1. The Labute approximate surface area is 124 Å². The number of hydrogen-bond acceptors (Lipinski definition) is 3. The average molecular weight is 294 g/mol. The molecule has 21 heavy (non-hydrogen) atoms. The van der Waals surface area contributed by atoms with E-state index in [4.69, 9.17) is 9.52 Å². The molecule has 2 amide bonds. The third kappa shape index (κ3) is 4.00. The van der Waals surface area contributed by atoms with E-state index >= 15 is 0 Å².